The highest BCUT2D eigenvalue weighted by Gasteiger charge is 2.21. The third-order valence-electron chi connectivity index (χ3n) is 6.26. The second kappa shape index (κ2) is 7.84. The summed E-state index contributed by atoms with van der Waals surface area (Å²) >= 11 is 0. The number of carbonyl (C=O) groups is 1. The van der Waals surface area contributed by atoms with E-state index in [0.717, 1.165) is 17.1 Å². The first-order valence-electron chi connectivity index (χ1n) is 11.1. The standard InChI is InChI=1S/C26H19F2N7O/c1-14-30-24(15-6-8-16(27)9-7-15)25(33(14)2)19-10-11-22-31-23(13-34(22)32-19)35-20-5-3-4-18(28)17(20)12-21(35)26(29)36/h3-13H,1-2H3,(H2,29,36). The van der Waals surface area contributed by atoms with Crippen molar-refractivity contribution in [1.29, 1.82) is 0 Å². The van der Waals surface area contributed by atoms with E-state index in [2.05, 4.69) is 9.97 Å². The maximum Gasteiger partial charge on any atom is 0.265 e. The zero-order valence-electron chi connectivity index (χ0n) is 19.3. The second-order valence-electron chi connectivity index (χ2n) is 8.44. The summed E-state index contributed by atoms with van der Waals surface area (Å²) in [5, 5.41) is 5.01. The van der Waals surface area contributed by atoms with Crippen LogP contribution in [0.3, 0.4) is 0 Å². The van der Waals surface area contributed by atoms with Gasteiger partial charge in [0.15, 0.2) is 11.5 Å². The molecular weight excluding hydrogens is 464 g/mol. The highest BCUT2D eigenvalue weighted by Crippen LogP contribution is 2.32. The lowest BCUT2D eigenvalue weighted by Crippen LogP contribution is -2.16. The molecule has 2 aromatic carbocycles. The summed E-state index contributed by atoms with van der Waals surface area (Å²) in [4.78, 5) is 21.4. The molecule has 1 amide bonds. The topological polar surface area (TPSA) is 96.0 Å². The van der Waals surface area contributed by atoms with Gasteiger partial charge in [-0.25, -0.2) is 23.3 Å². The minimum absolute atomic E-state index is 0.111. The molecule has 0 radical (unpaired) electrons. The number of hydrogen-bond acceptors (Lipinski definition) is 4. The molecule has 0 atom stereocenters. The van der Waals surface area contributed by atoms with Crippen LogP contribution in [0.5, 0.6) is 0 Å². The summed E-state index contributed by atoms with van der Waals surface area (Å²) in [5.74, 6) is -0.354. The number of aromatic nitrogens is 6. The Morgan fingerprint density at radius 3 is 2.53 bits per heavy atom. The van der Waals surface area contributed by atoms with Gasteiger partial charge >= 0.3 is 0 Å². The van der Waals surface area contributed by atoms with Gasteiger partial charge in [-0.15, -0.1) is 0 Å². The second-order valence-corrected chi connectivity index (χ2v) is 8.44. The first kappa shape index (κ1) is 21.7. The molecule has 0 bridgehead atoms. The van der Waals surface area contributed by atoms with E-state index in [4.69, 9.17) is 10.8 Å². The molecule has 4 aromatic heterocycles. The van der Waals surface area contributed by atoms with Crippen molar-refractivity contribution in [3.8, 4) is 28.5 Å². The van der Waals surface area contributed by atoms with Gasteiger partial charge in [0, 0.05) is 18.0 Å². The monoisotopic (exact) mass is 483 g/mol. The van der Waals surface area contributed by atoms with Crippen LogP contribution >= 0.6 is 0 Å². The predicted molar refractivity (Wildman–Crippen MR) is 131 cm³/mol. The van der Waals surface area contributed by atoms with Gasteiger partial charge in [-0.05, 0) is 61.5 Å². The van der Waals surface area contributed by atoms with E-state index in [1.165, 1.54) is 28.8 Å². The van der Waals surface area contributed by atoms with Crippen LogP contribution in [-0.4, -0.2) is 34.6 Å². The third kappa shape index (κ3) is 3.26. The van der Waals surface area contributed by atoms with Gasteiger partial charge in [-0.1, -0.05) is 6.07 Å². The van der Waals surface area contributed by atoms with Gasteiger partial charge in [0.1, 0.15) is 28.8 Å². The molecule has 0 unspecified atom stereocenters. The van der Waals surface area contributed by atoms with E-state index in [1.54, 1.807) is 41.0 Å². The van der Waals surface area contributed by atoms with Crippen molar-refractivity contribution in [2.75, 3.05) is 0 Å². The van der Waals surface area contributed by atoms with Gasteiger partial charge in [0.25, 0.3) is 5.91 Å². The highest BCUT2D eigenvalue weighted by molar-refractivity contribution is 5.99. The number of imidazole rings is 2. The Hall–Kier alpha value is -4.86. The van der Waals surface area contributed by atoms with Crippen LogP contribution in [0.2, 0.25) is 0 Å². The molecule has 6 aromatic rings. The van der Waals surface area contributed by atoms with Crippen LogP contribution in [0.4, 0.5) is 8.78 Å². The quantitative estimate of drug-likeness (QED) is 0.401. The molecule has 0 fully saturated rings. The number of rotatable bonds is 4. The maximum atomic E-state index is 14.4. The molecule has 6 rings (SSSR count). The van der Waals surface area contributed by atoms with Crippen molar-refractivity contribution >= 4 is 22.5 Å². The minimum atomic E-state index is -0.703. The fourth-order valence-corrected chi connectivity index (χ4v) is 4.44. The summed E-state index contributed by atoms with van der Waals surface area (Å²) in [6.45, 7) is 1.88. The van der Waals surface area contributed by atoms with Crippen LogP contribution in [0.25, 0.3) is 45.0 Å². The highest BCUT2D eigenvalue weighted by atomic mass is 19.1. The molecule has 0 aliphatic rings. The molecule has 4 heterocycles. The van der Waals surface area contributed by atoms with Crippen LogP contribution in [0, 0.1) is 18.6 Å². The average Bonchev–Trinajstić information content (AvgIpc) is 3.53. The molecule has 0 spiro atoms. The SMILES string of the molecule is Cc1nc(-c2ccc(F)cc2)c(-c2ccc3nc(-n4c(C(N)=O)cc5c(F)cccc54)cn3n2)n1C. The Labute approximate surface area is 203 Å². The van der Waals surface area contributed by atoms with E-state index >= 15 is 0 Å². The van der Waals surface area contributed by atoms with Crippen molar-refractivity contribution in [2.24, 2.45) is 12.8 Å². The fraction of sp³-hybridized carbons (Fsp3) is 0.0769. The molecule has 8 nitrogen and oxygen atoms in total. The number of nitrogens with zero attached hydrogens (tertiary/aromatic N) is 6. The molecule has 2 N–H and O–H groups in total. The summed E-state index contributed by atoms with van der Waals surface area (Å²) < 4.78 is 32.9. The Morgan fingerprint density at radius 1 is 1.00 bits per heavy atom. The number of benzene rings is 2. The smallest absolute Gasteiger partial charge is 0.265 e. The van der Waals surface area contributed by atoms with Crippen molar-refractivity contribution in [2.45, 2.75) is 6.92 Å². The van der Waals surface area contributed by atoms with Crippen LogP contribution < -0.4 is 5.73 Å². The first-order valence-corrected chi connectivity index (χ1v) is 11.1. The number of aryl methyl sites for hydroxylation is 1. The molecule has 0 saturated carbocycles. The van der Waals surface area contributed by atoms with Crippen LogP contribution in [-0.2, 0) is 7.05 Å². The van der Waals surface area contributed by atoms with Gasteiger partial charge in [0.2, 0.25) is 0 Å². The fourth-order valence-electron chi connectivity index (χ4n) is 4.44. The van der Waals surface area contributed by atoms with E-state index in [0.29, 0.717) is 28.4 Å². The number of nitrogens with two attached hydrogens (primary N) is 1. The predicted octanol–water partition coefficient (Wildman–Crippen LogP) is 4.43. The Morgan fingerprint density at radius 2 is 1.78 bits per heavy atom. The number of halogens is 2. The van der Waals surface area contributed by atoms with E-state index in [9.17, 15) is 13.6 Å². The Balaban J connectivity index is 1.53. The number of amides is 1. The molecule has 0 aliphatic carbocycles. The molecule has 36 heavy (non-hydrogen) atoms. The first-order chi connectivity index (χ1) is 17.3. The Kier molecular flexibility index (Phi) is 4.72. The zero-order chi connectivity index (χ0) is 25.1. The third-order valence-corrected chi connectivity index (χ3v) is 6.26. The van der Waals surface area contributed by atoms with Crippen molar-refractivity contribution in [3.05, 3.63) is 90.0 Å². The minimum Gasteiger partial charge on any atom is -0.364 e. The van der Waals surface area contributed by atoms with E-state index < -0.39 is 11.7 Å². The molecule has 0 aliphatic heterocycles. The van der Waals surface area contributed by atoms with E-state index in [1.807, 2.05) is 24.6 Å². The van der Waals surface area contributed by atoms with Crippen molar-refractivity contribution < 1.29 is 13.6 Å². The van der Waals surface area contributed by atoms with Gasteiger partial charge in [-0.2, -0.15) is 5.10 Å². The normalized spacial score (nSPS) is 11.6. The van der Waals surface area contributed by atoms with E-state index in [-0.39, 0.29) is 16.9 Å². The summed E-state index contributed by atoms with van der Waals surface area (Å²) in [6.07, 6.45) is 1.65. The number of primary amides is 1. The zero-order valence-corrected chi connectivity index (χ0v) is 19.3. The lowest BCUT2D eigenvalue weighted by atomic mass is 10.1. The van der Waals surface area contributed by atoms with Gasteiger partial charge < -0.3 is 10.3 Å². The number of hydrogen-bond donors (Lipinski definition) is 1. The Bertz CT molecular complexity index is 1810. The van der Waals surface area contributed by atoms with Gasteiger partial charge in [0.05, 0.1) is 23.1 Å². The maximum absolute atomic E-state index is 14.4. The number of fused-ring (bicyclic) bond motifs is 2. The number of carbonyl (C=O) groups excluding carboxylic acids is 1. The lowest BCUT2D eigenvalue weighted by Gasteiger charge is -2.07. The van der Waals surface area contributed by atoms with Crippen molar-refractivity contribution in [3.63, 3.8) is 0 Å². The van der Waals surface area contributed by atoms with Gasteiger partial charge in [-0.3, -0.25) is 9.36 Å². The molecule has 0 saturated heterocycles. The lowest BCUT2D eigenvalue weighted by molar-refractivity contribution is 0.0994. The average molecular weight is 483 g/mol. The van der Waals surface area contributed by atoms with Crippen LogP contribution in [0.1, 0.15) is 16.3 Å². The summed E-state index contributed by atoms with van der Waals surface area (Å²) in [7, 11) is 1.88. The summed E-state index contributed by atoms with van der Waals surface area (Å²) in [6, 6.07) is 15.7. The molecule has 178 valence electrons. The van der Waals surface area contributed by atoms with Crippen LogP contribution in [0.15, 0.2) is 66.9 Å². The van der Waals surface area contributed by atoms with Crippen molar-refractivity contribution in [1.82, 2.24) is 28.7 Å². The summed E-state index contributed by atoms with van der Waals surface area (Å²) in [5.41, 5.74) is 9.49. The molecular formula is C26H19F2N7O. The largest absolute Gasteiger partial charge is 0.364 e. The molecule has 10 heteroatoms.